The molecule has 1 N–H and O–H groups in total. The number of aromatic nitrogens is 1. The smallest absolute Gasteiger partial charge is 0.242 e. The maximum absolute atomic E-state index is 12.2. The Morgan fingerprint density at radius 1 is 1.37 bits per heavy atom. The standard InChI is InChI=1S/C12H13BrN2O3S/c1-8-3-4-10(13)11(5-8)19(16,17)15-7-12-14-6-9(2)18-12/h3-6,15H,7H2,1-2H3. The highest BCUT2D eigenvalue weighted by Crippen LogP contribution is 2.23. The number of rotatable bonds is 4. The van der Waals surface area contributed by atoms with Crippen LogP contribution in [0.1, 0.15) is 17.2 Å². The third kappa shape index (κ3) is 3.43. The molecule has 0 saturated heterocycles. The molecule has 0 radical (unpaired) electrons. The maximum atomic E-state index is 12.2. The number of nitrogens with zero attached hydrogens (tertiary/aromatic N) is 1. The predicted molar refractivity (Wildman–Crippen MR) is 74.1 cm³/mol. The van der Waals surface area contributed by atoms with Crippen molar-refractivity contribution in [1.29, 1.82) is 0 Å². The van der Waals surface area contributed by atoms with Gasteiger partial charge in [0, 0.05) is 4.47 Å². The van der Waals surface area contributed by atoms with Gasteiger partial charge in [-0.1, -0.05) is 6.07 Å². The largest absolute Gasteiger partial charge is 0.445 e. The number of oxazole rings is 1. The van der Waals surface area contributed by atoms with Gasteiger partial charge < -0.3 is 4.42 Å². The molecule has 1 aromatic carbocycles. The molecule has 0 aliphatic rings. The third-order valence-electron chi connectivity index (χ3n) is 2.46. The molecule has 0 bridgehead atoms. The van der Waals surface area contributed by atoms with Gasteiger partial charge >= 0.3 is 0 Å². The quantitative estimate of drug-likeness (QED) is 0.924. The van der Waals surface area contributed by atoms with E-state index in [-0.39, 0.29) is 11.4 Å². The molecule has 19 heavy (non-hydrogen) atoms. The first-order valence-corrected chi connectivity index (χ1v) is 7.83. The number of aryl methyl sites for hydroxylation is 2. The minimum Gasteiger partial charge on any atom is -0.445 e. The normalized spacial score (nSPS) is 11.7. The monoisotopic (exact) mass is 344 g/mol. The molecule has 0 aliphatic heterocycles. The summed E-state index contributed by atoms with van der Waals surface area (Å²) in [4.78, 5) is 4.15. The van der Waals surface area contributed by atoms with E-state index in [1.165, 1.54) is 0 Å². The summed E-state index contributed by atoms with van der Waals surface area (Å²) in [6.45, 7) is 3.61. The molecule has 5 nitrogen and oxygen atoms in total. The molecule has 1 aromatic heterocycles. The fraction of sp³-hybridized carbons (Fsp3) is 0.250. The number of nitrogens with one attached hydrogen (secondary N) is 1. The van der Waals surface area contributed by atoms with Crippen LogP contribution in [0.2, 0.25) is 0 Å². The fourth-order valence-corrected chi connectivity index (χ4v) is 3.55. The van der Waals surface area contributed by atoms with Crippen LogP contribution in [0.5, 0.6) is 0 Å². The van der Waals surface area contributed by atoms with Crippen LogP contribution < -0.4 is 4.72 Å². The van der Waals surface area contributed by atoms with Crippen molar-refractivity contribution in [1.82, 2.24) is 9.71 Å². The molecular formula is C12H13BrN2O3S. The lowest BCUT2D eigenvalue weighted by Gasteiger charge is -2.08. The van der Waals surface area contributed by atoms with Gasteiger partial charge in [-0.05, 0) is 47.5 Å². The van der Waals surface area contributed by atoms with Gasteiger partial charge in [-0.3, -0.25) is 0 Å². The molecule has 0 amide bonds. The number of hydrogen-bond donors (Lipinski definition) is 1. The first-order chi connectivity index (χ1) is 8.88. The molecule has 0 unspecified atom stereocenters. The second kappa shape index (κ2) is 5.44. The van der Waals surface area contributed by atoms with Gasteiger partial charge in [0.2, 0.25) is 15.9 Å². The van der Waals surface area contributed by atoms with Crippen LogP contribution in [0, 0.1) is 13.8 Å². The van der Waals surface area contributed by atoms with E-state index in [0.29, 0.717) is 16.1 Å². The summed E-state index contributed by atoms with van der Waals surface area (Å²) in [5.41, 5.74) is 0.871. The minimum absolute atomic E-state index is 0.0244. The van der Waals surface area contributed by atoms with Crippen molar-refractivity contribution in [2.45, 2.75) is 25.3 Å². The number of benzene rings is 1. The van der Waals surface area contributed by atoms with E-state index >= 15 is 0 Å². The van der Waals surface area contributed by atoms with Crippen LogP contribution in [-0.2, 0) is 16.6 Å². The Labute approximate surface area is 120 Å². The Hall–Kier alpha value is -1.18. The van der Waals surface area contributed by atoms with E-state index in [0.717, 1.165) is 5.56 Å². The molecule has 0 spiro atoms. The predicted octanol–water partition coefficient (Wildman–Crippen LogP) is 2.53. The number of sulfonamides is 1. The number of hydrogen-bond acceptors (Lipinski definition) is 4. The molecule has 7 heteroatoms. The lowest BCUT2D eigenvalue weighted by Crippen LogP contribution is -2.23. The van der Waals surface area contributed by atoms with Crippen molar-refractivity contribution >= 4 is 26.0 Å². The molecule has 2 rings (SSSR count). The van der Waals surface area contributed by atoms with Crippen LogP contribution in [0.25, 0.3) is 0 Å². The first kappa shape index (κ1) is 14.2. The van der Waals surface area contributed by atoms with Crippen molar-refractivity contribution in [3.05, 3.63) is 46.1 Å². The van der Waals surface area contributed by atoms with Crippen LogP contribution in [0.15, 0.2) is 38.2 Å². The highest BCUT2D eigenvalue weighted by molar-refractivity contribution is 9.10. The molecule has 0 aliphatic carbocycles. The van der Waals surface area contributed by atoms with Crippen LogP contribution in [-0.4, -0.2) is 13.4 Å². The molecule has 0 atom stereocenters. The minimum atomic E-state index is -3.60. The molecule has 0 fully saturated rings. The van der Waals surface area contributed by atoms with Crippen LogP contribution >= 0.6 is 15.9 Å². The van der Waals surface area contributed by atoms with Crippen LogP contribution in [0.4, 0.5) is 0 Å². The van der Waals surface area contributed by atoms with E-state index in [9.17, 15) is 8.42 Å². The van der Waals surface area contributed by atoms with Crippen molar-refractivity contribution in [3.63, 3.8) is 0 Å². The highest BCUT2D eigenvalue weighted by Gasteiger charge is 2.18. The van der Waals surface area contributed by atoms with Crippen molar-refractivity contribution in [3.8, 4) is 0 Å². The molecule has 102 valence electrons. The van der Waals surface area contributed by atoms with E-state index in [1.54, 1.807) is 25.3 Å². The van der Waals surface area contributed by atoms with Crippen molar-refractivity contribution in [2.24, 2.45) is 0 Å². The lowest BCUT2D eigenvalue weighted by atomic mass is 10.2. The Morgan fingerprint density at radius 3 is 2.74 bits per heavy atom. The van der Waals surface area contributed by atoms with Gasteiger partial charge in [0.1, 0.15) is 5.76 Å². The zero-order valence-corrected chi connectivity index (χ0v) is 12.9. The summed E-state index contributed by atoms with van der Waals surface area (Å²) in [5.74, 6) is 0.982. The van der Waals surface area contributed by atoms with E-state index < -0.39 is 10.0 Å². The molecule has 1 heterocycles. The Bertz CT molecular complexity index is 695. The van der Waals surface area contributed by atoms with Gasteiger partial charge in [-0.2, -0.15) is 0 Å². The van der Waals surface area contributed by atoms with Crippen molar-refractivity contribution in [2.75, 3.05) is 0 Å². The first-order valence-electron chi connectivity index (χ1n) is 5.55. The molecule has 2 aromatic rings. The topological polar surface area (TPSA) is 72.2 Å². The highest BCUT2D eigenvalue weighted by atomic mass is 79.9. The van der Waals surface area contributed by atoms with Crippen molar-refractivity contribution < 1.29 is 12.8 Å². The second-order valence-electron chi connectivity index (χ2n) is 4.12. The van der Waals surface area contributed by atoms with E-state index in [1.807, 2.05) is 13.0 Å². The maximum Gasteiger partial charge on any atom is 0.242 e. The van der Waals surface area contributed by atoms with Crippen LogP contribution in [0.3, 0.4) is 0 Å². The summed E-state index contributed by atoms with van der Waals surface area (Å²) in [5, 5.41) is 0. The van der Waals surface area contributed by atoms with E-state index in [4.69, 9.17) is 4.42 Å². The van der Waals surface area contributed by atoms with Gasteiger partial charge in [0.25, 0.3) is 0 Å². The summed E-state index contributed by atoms with van der Waals surface area (Å²) in [6.07, 6.45) is 1.55. The number of halogens is 1. The van der Waals surface area contributed by atoms with Gasteiger partial charge in [0.05, 0.1) is 17.6 Å². The average Bonchev–Trinajstić information content (AvgIpc) is 2.76. The summed E-state index contributed by atoms with van der Waals surface area (Å²) in [7, 11) is -3.60. The Morgan fingerprint density at radius 2 is 2.11 bits per heavy atom. The zero-order chi connectivity index (χ0) is 14.0. The third-order valence-corrected chi connectivity index (χ3v) is 4.85. The van der Waals surface area contributed by atoms with Gasteiger partial charge in [0.15, 0.2) is 0 Å². The Kier molecular flexibility index (Phi) is 4.07. The SMILES string of the molecule is Cc1ccc(Br)c(S(=O)(=O)NCc2ncc(C)o2)c1. The molecule has 0 saturated carbocycles. The van der Waals surface area contributed by atoms with E-state index in [2.05, 4.69) is 25.6 Å². The zero-order valence-electron chi connectivity index (χ0n) is 10.5. The fourth-order valence-electron chi connectivity index (χ4n) is 1.53. The summed E-state index contributed by atoms with van der Waals surface area (Å²) < 4.78 is 32.5. The average molecular weight is 345 g/mol. The molecular weight excluding hydrogens is 332 g/mol. The second-order valence-corrected chi connectivity index (χ2v) is 6.71. The summed E-state index contributed by atoms with van der Waals surface area (Å²) >= 11 is 3.24. The summed E-state index contributed by atoms with van der Waals surface area (Å²) in [6, 6.07) is 5.15. The van der Waals surface area contributed by atoms with Gasteiger partial charge in [-0.15, -0.1) is 0 Å². The Balaban J connectivity index is 2.20. The lowest BCUT2D eigenvalue weighted by molar-refractivity contribution is 0.463. The van der Waals surface area contributed by atoms with Gasteiger partial charge in [-0.25, -0.2) is 18.1 Å².